The van der Waals surface area contributed by atoms with Crippen LogP contribution in [0.25, 0.3) is 5.32 Å². The van der Waals surface area contributed by atoms with Gasteiger partial charge in [0, 0.05) is 11.8 Å². The van der Waals surface area contributed by atoms with Crippen LogP contribution in [0.3, 0.4) is 0 Å². The van der Waals surface area contributed by atoms with E-state index in [9.17, 15) is 19.5 Å². The first kappa shape index (κ1) is 18.8. The number of aliphatic hydroxyl groups is 1. The van der Waals surface area contributed by atoms with Gasteiger partial charge in [0.1, 0.15) is 5.78 Å². The summed E-state index contributed by atoms with van der Waals surface area (Å²) in [6.45, 7) is 4.00. The summed E-state index contributed by atoms with van der Waals surface area (Å²) in [6, 6.07) is 0. The Bertz CT molecular complexity index is 410. The fourth-order valence-electron chi connectivity index (χ4n) is 3.55. The predicted molar refractivity (Wildman–Crippen MR) is 72.8 cm³/mol. The molecule has 5 nitrogen and oxygen atoms in total. The molecule has 1 saturated carbocycles. The fraction of sp³-hybridized carbons (Fsp3) is 0.800. The molecule has 2 amide bonds. The van der Waals surface area contributed by atoms with Gasteiger partial charge in [-0.2, -0.15) is 0 Å². The summed E-state index contributed by atoms with van der Waals surface area (Å²) < 4.78 is 0. The Hall–Kier alpha value is -0.230. The zero-order chi connectivity index (χ0) is 14.9. The molecule has 0 spiro atoms. The Balaban J connectivity index is 0.00000220. The van der Waals surface area contributed by atoms with Gasteiger partial charge in [-0.25, -0.2) is 0 Å². The van der Waals surface area contributed by atoms with Gasteiger partial charge in [-0.1, -0.05) is 13.8 Å². The molecule has 1 aliphatic heterocycles. The van der Waals surface area contributed by atoms with E-state index < -0.39 is 17.9 Å². The molecule has 1 saturated heterocycles. The predicted octanol–water partition coefficient (Wildman–Crippen LogP) is -1.17. The summed E-state index contributed by atoms with van der Waals surface area (Å²) in [5.74, 6) is -0.810. The number of Topliss-reactive ketones (excluding diaryl/α,β-unsaturated/α-hetero) is 1. The van der Waals surface area contributed by atoms with Crippen molar-refractivity contribution in [3.63, 3.8) is 0 Å². The molecule has 21 heavy (non-hydrogen) atoms. The van der Waals surface area contributed by atoms with Crippen molar-refractivity contribution in [1.29, 1.82) is 0 Å². The maximum absolute atomic E-state index is 12.2. The molecular formula is C15H22NNaO4. The molecule has 6 heteroatoms. The van der Waals surface area contributed by atoms with E-state index in [0.29, 0.717) is 18.8 Å². The third kappa shape index (κ3) is 4.88. The summed E-state index contributed by atoms with van der Waals surface area (Å²) in [6.07, 6.45) is 1.56. The fourth-order valence-corrected chi connectivity index (χ4v) is 3.55. The Morgan fingerprint density at radius 2 is 1.71 bits per heavy atom. The minimum atomic E-state index is -0.753. The first-order valence-corrected chi connectivity index (χ1v) is 7.36. The van der Waals surface area contributed by atoms with Crippen molar-refractivity contribution in [3.8, 4) is 0 Å². The van der Waals surface area contributed by atoms with E-state index in [4.69, 9.17) is 0 Å². The number of hydrogen-bond acceptors (Lipinski definition) is 4. The van der Waals surface area contributed by atoms with Crippen molar-refractivity contribution in [2.45, 2.75) is 52.1 Å². The zero-order valence-electron chi connectivity index (χ0n) is 13.0. The Labute approximate surface area is 147 Å². The molecule has 2 aliphatic rings. The molecule has 0 aromatic heterocycles. The van der Waals surface area contributed by atoms with E-state index in [2.05, 4.69) is 12.2 Å². The van der Waals surface area contributed by atoms with E-state index >= 15 is 0 Å². The first-order chi connectivity index (χ1) is 9.36. The van der Waals surface area contributed by atoms with Gasteiger partial charge in [-0.15, -0.1) is 0 Å². The maximum atomic E-state index is 12.2. The number of rotatable bonds is 3. The molecule has 0 bridgehead atoms. The average molecular weight is 303 g/mol. The van der Waals surface area contributed by atoms with Crippen LogP contribution in [0.2, 0.25) is 0 Å². The number of aliphatic hydroxyl groups excluding tert-OH is 1. The van der Waals surface area contributed by atoms with Crippen molar-refractivity contribution in [3.05, 3.63) is 5.32 Å². The van der Waals surface area contributed by atoms with Gasteiger partial charge in [-0.05, 0) is 43.9 Å². The Kier molecular flexibility index (Phi) is 7.04. The van der Waals surface area contributed by atoms with Crippen LogP contribution in [-0.4, -0.2) is 28.8 Å². The molecule has 0 aromatic carbocycles. The number of nitrogens with zero attached hydrogens (tertiary/aromatic N) is 1. The van der Waals surface area contributed by atoms with Gasteiger partial charge in [0.25, 0.3) is 0 Å². The second kappa shape index (κ2) is 7.86. The SMILES string of the molecule is C[C@@H]1C[C@@H]([C@@H](O)CC2CC(=O)[N-]C(=O)C2)C(=O)[C@@H](C)C1.[Na+]. The number of carbonyl (C=O) groups is 3. The van der Waals surface area contributed by atoms with E-state index in [1.807, 2.05) is 6.92 Å². The zero-order valence-corrected chi connectivity index (χ0v) is 15.0. The summed E-state index contributed by atoms with van der Waals surface area (Å²) >= 11 is 0. The van der Waals surface area contributed by atoms with E-state index in [-0.39, 0.29) is 65.9 Å². The molecule has 1 N–H and O–H groups in total. The maximum Gasteiger partial charge on any atom is 1.00 e. The van der Waals surface area contributed by atoms with Gasteiger partial charge >= 0.3 is 29.6 Å². The number of amides is 2. The summed E-state index contributed by atoms with van der Waals surface area (Å²) in [5, 5.41) is 13.7. The van der Waals surface area contributed by atoms with Crippen molar-refractivity contribution < 1.29 is 49.0 Å². The van der Waals surface area contributed by atoms with Gasteiger partial charge in [-0.3, -0.25) is 4.79 Å². The summed E-state index contributed by atoms with van der Waals surface area (Å²) in [4.78, 5) is 34.7. The number of carbonyl (C=O) groups excluding carboxylic acids is 3. The number of piperidine rings is 1. The topological polar surface area (TPSA) is 85.5 Å². The second-order valence-electron chi connectivity index (χ2n) is 6.46. The van der Waals surface area contributed by atoms with E-state index in [1.54, 1.807) is 0 Å². The van der Waals surface area contributed by atoms with Gasteiger partial charge in [0.05, 0.1) is 17.9 Å². The molecule has 112 valence electrons. The standard InChI is InChI=1S/C15H23NO4.Na/c1-8-3-9(2)15(20)11(4-8)12(17)5-10-6-13(18)16-14(19)7-10;/h8-12,17H,3-7H2,1-2H3,(H,16,18,19);/q;+1/p-1/t8-,9-,11-,12-;/m0./s1. The van der Waals surface area contributed by atoms with Gasteiger partial charge in [0.2, 0.25) is 0 Å². The monoisotopic (exact) mass is 303 g/mol. The number of imide groups is 1. The van der Waals surface area contributed by atoms with Crippen molar-refractivity contribution in [2.24, 2.45) is 23.7 Å². The normalized spacial score (nSPS) is 32.3. The first-order valence-electron chi connectivity index (χ1n) is 7.36. The molecule has 0 radical (unpaired) electrons. The van der Waals surface area contributed by atoms with E-state index in [1.165, 1.54) is 0 Å². The number of ketones is 1. The second-order valence-corrected chi connectivity index (χ2v) is 6.46. The minimum absolute atomic E-state index is 0. The quantitative estimate of drug-likeness (QED) is 0.526. The van der Waals surface area contributed by atoms with Crippen LogP contribution in [0.15, 0.2) is 0 Å². The van der Waals surface area contributed by atoms with Crippen LogP contribution < -0.4 is 29.6 Å². The number of hydrogen-bond donors (Lipinski definition) is 1. The van der Waals surface area contributed by atoms with Crippen molar-refractivity contribution in [1.82, 2.24) is 0 Å². The van der Waals surface area contributed by atoms with Crippen molar-refractivity contribution in [2.75, 3.05) is 0 Å². The van der Waals surface area contributed by atoms with Crippen LogP contribution in [0, 0.1) is 23.7 Å². The van der Waals surface area contributed by atoms with Crippen LogP contribution in [0.1, 0.15) is 46.0 Å². The van der Waals surface area contributed by atoms with Gasteiger partial charge in [0.15, 0.2) is 0 Å². The smallest absolute Gasteiger partial charge is 0.596 e. The third-order valence-corrected chi connectivity index (χ3v) is 4.48. The van der Waals surface area contributed by atoms with Crippen LogP contribution in [-0.2, 0) is 14.4 Å². The summed E-state index contributed by atoms with van der Waals surface area (Å²) in [5.41, 5.74) is 0. The van der Waals surface area contributed by atoms with Crippen LogP contribution in [0.4, 0.5) is 0 Å². The molecule has 0 aromatic rings. The summed E-state index contributed by atoms with van der Waals surface area (Å²) in [7, 11) is 0. The third-order valence-electron chi connectivity index (χ3n) is 4.48. The average Bonchev–Trinajstić information content (AvgIpc) is 2.32. The Morgan fingerprint density at radius 3 is 2.29 bits per heavy atom. The van der Waals surface area contributed by atoms with Crippen LogP contribution >= 0.6 is 0 Å². The molecule has 2 rings (SSSR count). The molecule has 1 aliphatic carbocycles. The van der Waals surface area contributed by atoms with Gasteiger partial charge < -0.3 is 20.0 Å². The van der Waals surface area contributed by atoms with E-state index in [0.717, 1.165) is 6.42 Å². The van der Waals surface area contributed by atoms with Crippen LogP contribution in [0.5, 0.6) is 0 Å². The molecule has 4 atom stereocenters. The molecule has 0 unspecified atom stereocenters. The Morgan fingerprint density at radius 1 is 1.14 bits per heavy atom. The molecule has 2 fully saturated rings. The molecular weight excluding hydrogens is 281 g/mol. The minimum Gasteiger partial charge on any atom is -0.596 e. The largest absolute Gasteiger partial charge is 1.00 e. The van der Waals surface area contributed by atoms with Crippen molar-refractivity contribution >= 4 is 17.6 Å². The molecule has 1 heterocycles.